The number of amides is 3. The minimum absolute atomic E-state index is 0.0370. The summed E-state index contributed by atoms with van der Waals surface area (Å²) in [7, 11) is 0. The monoisotopic (exact) mass is 481 g/mol. The van der Waals surface area contributed by atoms with Crippen molar-refractivity contribution in [2.75, 3.05) is 13.1 Å². The van der Waals surface area contributed by atoms with Gasteiger partial charge in [-0.3, -0.25) is 14.4 Å². The van der Waals surface area contributed by atoms with Crippen LogP contribution in [0.3, 0.4) is 0 Å². The number of carboxylic acid groups (broad SMARTS) is 1. The summed E-state index contributed by atoms with van der Waals surface area (Å²) in [5.41, 5.74) is 11.8. The fourth-order valence-corrected chi connectivity index (χ4v) is 3.82. The molecule has 0 aliphatic carbocycles. The summed E-state index contributed by atoms with van der Waals surface area (Å²) in [5.74, 6) is -2.94. The lowest BCUT2D eigenvalue weighted by atomic mass is 10.0. The highest BCUT2D eigenvalue weighted by molar-refractivity contribution is 5.94. The minimum Gasteiger partial charge on any atom is -0.480 e. The van der Waals surface area contributed by atoms with Crippen LogP contribution in [0.4, 0.5) is 0 Å². The molecular weight excluding hydrogens is 446 g/mol. The molecule has 9 N–H and O–H groups in total. The van der Waals surface area contributed by atoms with Crippen molar-refractivity contribution < 1.29 is 29.4 Å². The van der Waals surface area contributed by atoms with E-state index in [1.54, 1.807) is 0 Å². The summed E-state index contributed by atoms with van der Waals surface area (Å²) in [6, 6.07) is -4.28. The number of aromatic amines is 1. The molecule has 1 saturated heterocycles. The Kier molecular flexibility index (Phi) is 10.4. The number of likely N-dealkylation sites (tertiary alicyclic amines) is 1. The van der Waals surface area contributed by atoms with Gasteiger partial charge in [-0.1, -0.05) is 0 Å². The van der Waals surface area contributed by atoms with Gasteiger partial charge in [-0.2, -0.15) is 0 Å². The largest absolute Gasteiger partial charge is 0.480 e. The highest BCUT2D eigenvalue weighted by Gasteiger charge is 2.38. The van der Waals surface area contributed by atoms with Gasteiger partial charge >= 0.3 is 5.97 Å². The number of aromatic nitrogens is 2. The SMILES string of the molecule is CC(O)C(N)C(=O)NC(Cc1cnc[nH]1)C(=O)NC(CCCCN)C(=O)N1CCCC1C(=O)O. The molecule has 0 aromatic carbocycles. The molecule has 34 heavy (non-hydrogen) atoms. The summed E-state index contributed by atoms with van der Waals surface area (Å²) < 4.78 is 0. The zero-order chi connectivity index (χ0) is 25.3. The first-order valence-electron chi connectivity index (χ1n) is 11.4. The van der Waals surface area contributed by atoms with Crippen molar-refractivity contribution in [1.29, 1.82) is 0 Å². The van der Waals surface area contributed by atoms with Gasteiger partial charge in [0.2, 0.25) is 17.7 Å². The molecule has 13 nitrogen and oxygen atoms in total. The maximum absolute atomic E-state index is 13.2. The summed E-state index contributed by atoms with van der Waals surface area (Å²) in [5, 5.41) is 24.3. The quantitative estimate of drug-likeness (QED) is 0.152. The predicted molar refractivity (Wildman–Crippen MR) is 121 cm³/mol. The molecule has 5 atom stereocenters. The summed E-state index contributed by atoms with van der Waals surface area (Å²) in [6.45, 7) is 2.05. The second-order valence-electron chi connectivity index (χ2n) is 8.48. The van der Waals surface area contributed by atoms with Crippen molar-refractivity contribution in [2.24, 2.45) is 11.5 Å². The molecule has 1 aromatic heterocycles. The van der Waals surface area contributed by atoms with Crippen molar-refractivity contribution in [3.05, 3.63) is 18.2 Å². The van der Waals surface area contributed by atoms with Crippen molar-refractivity contribution in [1.82, 2.24) is 25.5 Å². The van der Waals surface area contributed by atoms with Crippen LogP contribution in [0.1, 0.15) is 44.7 Å². The van der Waals surface area contributed by atoms with E-state index in [1.165, 1.54) is 24.3 Å². The molecule has 190 valence electrons. The van der Waals surface area contributed by atoms with Crippen LogP contribution >= 0.6 is 0 Å². The van der Waals surface area contributed by atoms with E-state index in [9.17, 15) is 29.4 Å². The van der Waals surface area contributed by atoms with E-state index in [0.29, 0.717) is 37.9 Å². The van der Waals surface area contributed by atoms with Gasteiger partial charge in [0, 0.05) is 24.9 Å². The average molecular weight is 482 g/mol. The van der Waals surface area contributed by atoms with Crippen LogP contribution in [0.2, 0.25) is 0 Å². The summed E-state index contributed by atoms with van der Waals surface area (Å²) in [4.78, 5) is 58.4. The minimum atomic E-state index is -1.25. The fourth-order valence-electron chi connectivity index (χ4n) is 3.82. The number of imidazole rings is 1. The van der Waals surface area contributed by atoms with Crippen molar-refractivity contribution in [2.45, 2.75) is 75.7 Å². The molecule has 1 fully saturated rings. The van der Waals surface area contributed by atoms with Gasteiger partial charge in [0.15, 0.2) is 0 Å². The van der Waals surface area contributed by atoms with E-state index < -0.39 is 54.0 Å². The van der Waals surface area contributed by atoms with Gasteiger partial charge in [-0.15, -0.1) is 0 Å². The molecule has 1 aliphatic rings. The van der Waals surface area contributed by atoms with E-state index >= 15 is 0 Å². The van der Waals surface area contributed by atoms with Crippen LogP contribution in [-0.4, -0.2) is 92.1 Å². The van der Waals surface area contributed by atoms with Gasteiger partial charge < -0.3 is 42.2 Å². The van der Waals surface area contributed by atoms with Crippen LogP contribution < -0.4 is 22.1 Å². The zero-order valence-electron chi connectivity index (χ0n) is 19.3. The standard InChI is InChI=1S/C21H35N7O6/c1-12(29)17(23)19(31)27-15(9-13-10-24-11-25-13)18(30)26-14(5-2-3-7-22)20(32)28-8-4-6-16(28)21(33)34/h10-12,14-17,29H,2-9,22-23H2,1H3,(H,24,25)(H,26,30)(H,27,31)(H,33,34). The molecule has 0 bridgehead atoms. The third-order valence-electron chi connectivity index (χ3n) is 5.82. The number of carbonyl (C=O) groups is 4. The Morgan fingerprint density at radius 1 is 1.24 bits per heavy atom. The molecule has 0 radical (unpaired) electrons. The molecule has 0 saturated carbocycles. The van der Waals surface area contributed by atoms with Gasteiger partial charge in [0.05, 0.1) is 12.4 Å². The first-order chi connectivity index (χ1) is 16.1. The number of nitrogens with two attached hydrogens (primary N) is 2. The van der Waals surface area contributed by atoms with Gasteiger partial charge in [0.1, 0.15) is 24.2 Å². The fraction of sp³-hybridized carbons (Fsp3) is 0.667. The Bertz CT molecular complexity index is 832. The lowest BCUT2D eigenvalue weighted by Gasteiger charge is -2.29. The van der Waals surface area contributed by atoms with Crippen LogP contribution in [0, 0.1) is 0 Å². The number of aliphatic hydroxyl groups is 1. The van der Waals surface area contributed by atoms with Crippen LogP contribution in [-0.2, 0) is 25.6 Å². The number of hydrogen-bond donors (Lipinski definition) is 7. The number of aliphatic hydroxyl groups excluding tert-OH is 1. The lowest BCUT2D eigenvalue weighted by Crippen LogP contribution is -2.58. The third kappa shape index (κ3) is 7.50. The normalized spacial score (nSPS) is 19.2. The number of carbonyl (C=O) groups excluding carboxylic acids is 3. The summed E-state index contributed by atoms with van der Waals surface area (Å²) >= 11 is 0. The van der Waals surface area contributed by atoms with Crippen LogP contribution in [0.5, 0.6) is 0 Å². The highest BCUT2D eigenvalue weighted by atomic mass is 16.4. The number of nitrogens with zero attached hydrogens (tertiary/aromatic N) is 2. The Labute approximate surface area is 197 Å². The molecule has 13 heteroatoms. The predicted octanol–water partition coefficient (Wildman–Crippen LogP) is -2.17. The molecule has 0 spiro atoms. The van der Waals surface area contributed by atoms with E-state index in [0.717, 1.165) is 0 Å². The molecule has 1 aromatic rings. The zero-order valence-corrected chi connectivity index (χ0v) is 19.3. The van der Waals surface area contributed by atoms with E-state index in [2.05, 4.69) is 20.6 Å². The molecule has 5 unspecified atom stereocenters. The molecule has 2 heterocycles. The first-order valence-corrected chi connectivity index (χ1v) is 11.4. The van der Waals surface area contributed by atoms with Gasteiger partial charge in [-0.25, -0.2) is 9.78 Å². The van der Waals surface area contributed by atoms with E-state index in [1.807, 2.05) is 0 Å². The lowest BCUT2D eigenvalue weighted by molar-refractivity contribution is -0.149. The molecule has 2 rings (SSSR count). The number of H-pyrrole nitrogens is 1. The molecular formula is C21H35N7O6. The average Bonchev–Trinajstić information content (AvgIpc) is 3.49. The van der Waals surface area contributed by atoms with Crippen molar-refractivity contribution in [3.8, 4) is 0 Å². The van der Waals surface area contributed by atoms with Crippen molar-refractivity contribution in [3.63, 3.8) is 0 Å². The maximum Gasteiger partial charge on any atom is 0.326 e. The first kappa shape index (κ1) is 27.2. The Morgan fingerprint density at radius 2 is 1.94 bits per heavy atom. The third-order valence-corrected chi connectivity index (χ3v) is 5.82. The van der Waals surface area contributed by atoms with Crippen molar-refractivity contribution >= 4 is 23.7 Å². The van der Waals surface area contributed by atoms with Crippen LogP contribution in [0.15, 0.2) is 12.5 Å². The second-order valence-corrected chi connectivity index (χ2v) is 8.48. The second kappa shape index (κ2) is 13.0. The van der Waals surface area contributed by atoms with Crippen LogP contribution in [0.25, 0.3) is 0 Å². The molecule has 1 aliphatic heterocycles. The Morgan fingerprint density at radius 3 is 2.53 bits per heavy atom. The number of nitrogens with one attached hydrogen (secondary N) is 3. The van der Waals surface area contributed by atoms with Gasteiger partial charge in [-0.05, 0) is 45.6 Å². The number of aliphatic carboxylic acids is 1. The highest BCUT2D eigenvalue weighted by Crippen LogP contribution is 2.20. The number of hydrogen-bond acceptors (Lipinski definition) is 8. The number of carboxylic acids is 1. The Hall–Kier alpha value is -3.03. The van der Waals surface area contributed by atoms with E-state index in [4.69, 9.17) is 11.5 Å². The van der Waals surface area contributed by atoms with Gasteiger partial charge in [0.25, 0.3) is 0 Å². The summed E-state index contributed by atoms with van der Waals surface area (Å²) in [6.07, 6.45) is 4.16. The number of unbranched alkanes of at least 4 members (excludes halogenated alkanes) is 1. The Balaban J connectivity index is 2.20. The molecule has 3 amide bonds. The van der Waals surface area contributed by atoms with E-state index in [-0.39, 0.29) is 19.4 Å². The maximum atomic E-state index is 13.2. The topological polar surface area (TPSA) is 217 Å². The number of rotatable bonds is 13. The smallest absolute Gasteiger partial charge is 0.326 e.